The number of aromatic amines is 1. The number of ether oxygens (including phenoxy) is 1. The summed E-state index contributed by atoms with van der Waals surface area (Å²) in [6.45, 7) is 1.87. The van der Waals surface area contributed by atoms with Gasteiger partial charge in [0.25, 0.3) is 11.6 Å². The fourth-order valence-corrected chi connectivity index (χ4v) is 3.75. The maximum absolute atomic E-state index is 14.0. The molecule has 0 bridgehead atoms. The molecule has 0 unspecified atom stereocenters. The van der Waals surface area contributed by atoms with Crippen LogP contribution in [0.5, 0.6) is 5.75 Å². The zero-order chi connectivity index (χ0) is 24.0. The Kier molecular flexibility index (Phi) is 5.85. The lowest BCUT2D eigenvalue weighted by Crippen LogP contribution is -2.47. The molecule has 0 aliphatic carbocycles. The summed E-state index contributed by atoms with van der Waals surface area (Å²) >= 11 is 0. The van der Waals surface area contributed by atoms with Crippen molar-refractivity contribution in [3.63, 3.8) is 0 Å². The number of carbonyl (C=O) groups excluding carboxylic acids is 2. The molecule has 3 rings (SSSR count). The second-order valence-corrected chi connectivity index (χ2v) is 7.60. The Bertz CT molecular complexity index is 1080. The van der Waals surface area contributed by atoms with Crippen molar-refractivity contribution in [1.82, 2.24) is 0 Å². The number of amides is 2. The summed E-state index contributed by atoms with van der Waals surface area (Å²) in [5.74, 6) is -9.13. The van der Waals surface area contributed by atoms with Gasteiger partial charge in [0.15, 0.2) is 23.4 Å². The monoisotopic (exact) mass is 460 g/mol. The number of aromatic hydroxyl groups is 1. The molecule has 0 saturated carbocycles. The number of anilines is 1. The molecule has 4 atom stereocenters. The van der Waals surface area contributed by atoms with E-state index in [9.17, 15) is 36.6 Å². The van der Waals surface area contributed by atoms with E-state index in [4.69, 9.17) is 10.5 Å². The average Bonchev–Trinajstić information content (AvgIpc) is 2.99. The van der Waals surface area contributed by atoms with Gasteiger partial charge in [0, 0.05) is 29.5 Å². The van der Waals surface area contributed by atoms with Gasteiger partial charge in [-0.3, -0.25) is 9.59 Å². The molecule has 1 aliphatic heterocycles. The molecular formula is C20H19F5N3O4+. The molecule has 0 spiro atoms. The summed E-state index contributed by atoms with van der Waals surface area (Å²) in [5.41, 5.74) is 1.84. The minimum atomic E-state index is -4.92. The molecule has 2 aromatic rings. The van der Waals surface area contributed by atoms with E-state index in [-0.39, 0.29) is 11.4 Å². The van der Waals surface area contributed by atoms with Crippen molar-refractivity contribution in [1.29, 1.82) is 0 Å². The van der Waals surface area contributed by atoms with E-state index < -0.39 is 64.5 Å². The van der Waals surface area contributed by atoms with Gasteiger partial charge in [0.1, 0.15) is 6.10 Å². The number of benzene rings is 1. The van der Waals surface area contributed by atoms with Crippen molar-refractivity contribution >= 4 is 17.5 Å². The average molecular weight is 460 g/mol. The second-order valence-electron chi connectivity index (χ2n) is 7.60. The lowest BCUT2D eigenvalue weighted by molar-refractivity contribution is -0.381. The van der Waals surface area contributed by atoms with Gasteiger partial charge >= 0.3 is 12.1 Å². The number of phenolic OH excluding ortho intramolecular Hbond substituents is 1. The van der Waals surface area contributed by atoms with Crippen LogP contribution in [0.4, 0.5) is 27.6 Å². The molecule has 0 radical (unpaired) electrons. The van der Waals surface area contributed by atoms with Crippen LogP contribution >= 0.6 is 0 Å². The molecule has 32 heavy (non-hydrogen) atoms. The standard InChI is InChI=1S/C20H18F5N3O4/c1-8-13(10-3-4-11(21)14(22)15(10)29)16(32-19(8,2)20(23,24)25)18(31)28-9-5-6-27-12(7-9)17(26)30/h3-8,13,16,29H,1-2H3,(H2,26,30)(H,27,28,31)/p+1/t8-,13-,16+,19+/m0/s1. The smallest absolute Gasteiger partial charge is 0.417 e. The van der Waals surface area contributed by atoms with E-state index in [2.05, 4.69) is 10.3 Å². The van der Waals surface area contributed by atoms with Gasteiger partial charge in [0.2, 0.25) is 5.82 Å². The molecule has 1 aromatic heterocycles. The molecule has 172 valence electrons. The normalized spacial score (nSPS) is 25.5. The van der Waals surface area contributed by atoms with Crippen LogP contribution in [0, 0.1) is 17.6 Å². The lowest BCUT2D eigenvalue weighted by atomic mass is 9.77. The van der Waals surface area contributed by atoms with Crippen LogP contribution in [-0.2, 0) is 9.53 Å². The number of nitrogens with one attached hydrogen (secondary N) is 2. The van der Waals surface area contributed by atoms with Gasteiger partial charge in [0.05, 0.1) is 5.69 Å². The second kappa shape index (κ2) is 8.01. The lowest BCUT2D eigenvalue weighted by Gasteiger charge is -2.31. The van der Waals surface area contributed by atoms with Gasteiger partial charge in [-0.1, -0.05) is 13.0 Å². The number of aromatic nitrogens is 1. The molecular weight excluding hydrogens is 441 g/mol. The highest BCUT2D eigenvalue weighted by Crippen LogP contribution is 2.54. The third kappa shape index (κ3) is 3.85. The summed E-state index contributed by atoms with van der Waals surface area (Å²) in [6, 6.07) is 4.02. The van der Waals surface area contributed by atoms with Crippen LogP contribution in [0.1, 0.15) is 35.8 Å². The van der Waals surface area contributed by atoms with Crippen molar-refractivity contribution in [3.05, 3.63) is 53.4 Å². The molecule has 2 amide bonds. The number of phenols is 1. The first-order chi connectivity index (χ1) is 14.8. The number of H-pyrrole nitrogens is 1. The fraction of sp³-hybridized carbons (Fsp3) is 0.350. The van der Waals surface area contributed by atoms with Crippen LogP contribution in [-0.4, -0.2) is 34.8 Å². The largest absolute Gasteiger partial charge is 0.505 e. The van der Waals surface area contributed by atoms with E-state index in [0.717, 1.165) is 26.0 Å². The van der Waals surface area contributed by atoms with Gasteiger partial charge in [-0.05, 0) is 13.0 Å². The molecule has 5 N–H and O–H groups in total. The number of carbonyl (C=O) groups is 2. The summed E-state index contributed by atoms with van der Waals surface area (Å²) in [7, 11) is 0. The number of nitrogens with two attached hydrogens (primary N) is 1. The van der Waals surface area contributed by atoms with Crippen LogP contribution < -0.4 is 16.0 Å². The van der Waals surface area contributed by atoms with E-state index in [1.54, 1.807) is 0 Å². The van der Waals surface area contributed by atoms with Crippen molar-refractivity contribution in [2.24, 2.45) is 11.7 Å². The van der Waals surface area contributed by atoms with Crippen molar-refractivity contribution in [3.8, 4) is 5.75 Å². The van der Waals surface area contributed by atoms with E-state index in [1.807, 2.05) is 0 Å². The topological polar surface area (TPSA) is 116 Å². The Morgan fingerprint density at radius 3 is 2.50 bits per heavy atom. The molecule has 7 nitrogen and oxygen atoms in total. The first kappa shape index (κ1) is 23.4. The number of hydrogen-bond donors (Lipinski definition) is 3. The Morgan fingerprint density at radius 2 is 1.91 bits per heavy atom. The maximum Gasteiger partial charge on any atom is 0.417 e. The summed E-state index contributed by atoms with van der Waals surface area (Å²) < 4.78 is 74.1. The highest BCUT2D eigenvalue weighted by Gasteiger charge is 2.65. The SMILES string of the molecule is C[C@H]1[C@@H](c2ccc(F)c(F)c2O)[C@H](C(=O)Nc2cc[nH+]c(C(N)=O)c2)O[C@@]1(C)C(F)(F)F. The van der Waals surface area contributed by atoms with E-state index in [0.29, 0.717) is 6.07 Å². The third-order valence-corrected chi connectivity index (χ3v) is 5.72. The molecule has 12 heteroatoms. The number of hydrogen-bond acceptors (Lipinski definition) is 4. The Hall–Kier alpha value is -3.28. The van der Waals surface area contributed by atoms with Gasteiger partial charge in [-0.25, -0.2) is 9.37 Å². The Balaban J connectivity index is 2.05. The van der Waals surface area contributed by atoms with Gasteiger partial charge in [-0.15, -0.1) is 0 Å². The van der Waals surface area contributed by atoms with Crippen molar-refractivity contribution in [2.45, 2.75) is 37.6 Å². The van der Waals surface area contributed by atoms with E-state index in [1.165, 1.54) is 12.3 Å². The molecule has 2 heterocycles. The Morgan fingerprint density at radius 1 is 1.25 bits per heavy atom. The summed E-state index contributed by atoms with van der Waals surface area (Å²) in [5, 5.41) is 12.4. The van der Waals surface area contributed by atoms with Crippen molar-refractivity contribution < 1.29 is 46.4 Å². The number of rotatable bonds is 4. The highest BCUT2D eigenvalue weighted by molar-refractivity contribution is 5.96. The zero-order valence-electron chi connectivity index (χ0n) is 16.8. The van der Waals surface area contributed by atoms with Crippen LogP contribution in [0.2, 0.25) is 0 Å². The van der Waals surface area contributed by atoms with Gasteiger partial charge < -0.3 is 20.9 Å². The summed E-state index contributed by atoms with van der Waals surface area (Å²) in [6.07, 6.45) is -5.49. The number of halogens is 5. The highest BCUT2D eigenvalue weighted by atomic mass is 19.4. The zero-order valence-corrected chi connectivity index (χ0v) is 16.8. The molecule has 1 fully saturated rings. The minimum absolute atomic E-state index is 0.0210. The van der Waals surface area contributed by atoms with Gasteiger partial charge in [-0.2, -0.15) is 17.6 Å². The van der Waals surface area contributed by atoms with Crippen molar-refractivity contribution in [2.75, 3.05) is 5.32 Å². The van der Waals surface area contributed by atoms with Crippen LogP contribution in [0.15, 0.2) is 30.5 Å². The number of alkyl halides is 3. The third-order valence-electron chi connectivity index (χ3n) is 5.72. The molecule has 1 aliphatic rings. The number of primary amides is 1. The number of pyridine rings is 1. The quantitative estimate of drug-likeness (QED) is 0.609. The predicted molar refractivity (Wildman–Crippen MR) is 99.4 cm³/mol. The van der Waals surface area contributed by atoms with E-state index >= 15 is 0 Å². The summed E-state index contributed by atoms with van der Waals surface area (Å²) in [4.78, 5) is 26.8. The Labute approximate surface area is 178 Å². The van der Waals surface area contributed by atoms with Crippen LogP contribution in [0.3, 0.4) is 0 Å². The van der Waals surface area contributed by atoms with Crippen LogP contribution in [0.25, 0.3) is 0 Å². The minimum Gasteiger partial charge on any atom is -0.505 e. The molecule has 1 aromatic carbocycles. The first-order valence-electron chi connectivity index (χ1n) is 9.31. The fourth-order valence-electron chi connectivity index (χ4n) is 3.75. The maximum atomic E-state index is 14.0. The first-order valence-corrected chi connectivity index (χ1v) is 9.31. The molecule has 1 saturated heterocycles. The predicted octanol–water partition coefficient (Wildman–Crippen LogP) is 2.66.